The summed E-state index contributed by atoms with van der Waals surface area (Å²) >= 11 is 0. The lowest BCUT2D eigenvalue weighted by molar-refractivity contribution is -0.437. The summed E-state index contributed by atoms with van der Waals surface area (Å²) in [6.07, 6.45) is -12.6. The average molecular weight is 710 g/mol. The third kappa shape index (κ3) is 6.02. The topological polar surface area (TPSA) is 43.4 Å². The highest BCUT2D eigenvalue weighted by molar-refractivity contribution is 7.88. The fraction of sp³-hybridized carbons (Fsp3) is 1.00. The molecule has 0 aromatic heterocycles. The van der Waals surface area contributed by atoms with Crippen molar-refractivity contribution < 1.29 is 100 Å². The Balaban J connectivity index is 7.42. The van der Waals surface area contributed by atoms with Crippen LogP contribution in [0.5, 0.6) is 0 Å². The predicted octanol–water partition coefficient (Wildman–Crippen LogP) is 8.95. The average Bonchev–Trinajstić information content (AvgIpc) is 2.73. The molecule has 0 aliphatic carbocycles. The molecule has 0 N–H and O–H groups in total. The monoisotopic (exact) mass is 710 g/mol. The summed E-state index contributed by atoms with van der Waals surface area (Å²) in [7, 11) is -14.8. The van der Waals surface area contributed by atoms with Crippen molar-refractivity contribution in [2.75, 3.05) is 0 Å². The molecule has 0 aromatic rings. The van der Waals surface area contributed by atoms with Gasteiger partial charge in [-0.3, -0.25) is 0 Å². The van der Waals surface area contributed by atoms with Gasteiger partial charge in [-0.05, 0) is 11.1 Å². The van der Waals surface area contributed by atoms with Crippen LogP contribution in [0.3, 0.4) is 0 Å². The molecule has 42 heavy (non-hydrogen) atoms. The van der Waals surface area contributed by atoms with Crippen LogP contribution in [-0.4, -0.2) is 69.5 Å². The summed E-state index contributed by atoms with van der Waals surface area (Å²) in [4.78, 5) is 0. The third-order valence-corrected chi connectivity index (χ3v) is 13.2. The van der Waals surface area contributed by atoms with Gasteiger partial charge in [0.25, 0.3) is 0 Å². The second-order valence-electron chi connectivity index (χ2n) is 9.35. The van der Waals surface area contributed by atoms with Crippen LogP contribution in [0.25, 0.3) is 0 Å². The molecule has 0 radical (unpaired) electrons. The summed E-state index contributed by atoms with van der Waals surface area (Å²) in [5, 5.41) is 0. The maximum Gasteiger partial charge on any atom is 0.522 e. The molecule has 0 saturated carbocycles. The molecular formula is C17H18F20O3SSi. The van der Waals surface area contributed by atoms with Crippen molar-refractivity contribution in [3.63, 3.8) is 0 Å². The van der Waals surface area contributed by atoms with E-state index in [2.05, 4.69) is 3.87 Å². The zero-order chi connectivity index (χ0) is 34.8. The van der Waals surface area contributed by atoms with Gasteiger partial charge in [-0.2, -0.15) is 87.4 Å². The Labute approximate surface area is 223 Å². The molecular weight excluding hydrogens is 692 g/mol. The standard InChI is InChI=1S/C17H18F20O3SSi/c1-7(2)42(8(3)4,40-41(38,39)17(35,36)37)16(33,34)15(31,32)14(29,30)13(27,28)12(25,26)11(23,24)9(18,19)5-6-10(20,21)22/h7-8H,5-6H2,1-4H3. The largest absolute Gasteiger partial charge is 0.522 e. The van der Waals surface area contributed by atoms with Crippen LogP contribution in [0, 0.1) is 0 Å². The van der Waals surface area contributed by atoms with Crippen LogP contribution in [0.2, 0.25) is 11.1 Å². The summed E-state index contributed by atoms with van der Waals surface area (Å²) in [6.45, 7) is 0.509. The van der Waals surface area contributed by atoms with Gasteiger partial charge in [0.15, 0.2) is 0 Å². The summed E-state index contributed by atoms with van der Waals surface area (Å²) in [6, 6.07) is 0. The lowest BCUT2D eigenvalue weighted by atomic mass is 9.90. The van der Waals surface area contributed by atoms with Crippen molar-refractivity contribution in [3.8, 4) is 0 Å². The van der Waals surface area contributed by atoms with E-state index in [1.807, 2.05) is 0 Å². The van der Waals surface area contributed by atoms with E-state index in [0.717, 1.165) is 0 Å². The van der Waals surface area contributed by atoms with E-state index in [4.69, 9.17) is 0 Å². The number of hydrogen-bond acceptors (Lipinski definition) is 3. The minimum absolute atomic E-state index is 0.127. The van der Waals surface area contributed by atoms with Crippen LogP contribution in [0.4, 0.5) is 87.8 Å². The maximum atomic E-state index is 15.2. The Bertz CT molecular complexity index is 1050. The Kier molecular flexibility index (Phi) is 10.6. The van der Waals surface area contributed by atoms with Gasteiger partial charge in [-0.1, -0.05) is 27.7 Å². The van der Waals surface area contributed by atoms with Gasteiger partial charge in [0.05, 0.1) is 0 Å². The summed E-state index contributed by atoms with van der Waals surface area (Å²) in [5.74, 6) is -49.5. The van der Waals surface area contributed by atoms with Crippen molar-refractivity contribution in [1.29, 1.82) is 0 Å². The van der Waals surface area contributed by atoms with E-state index < -0.39 is 95.1 Å². The SMILES string of the molecule is CC(C)[Si](OS(=O)(=O)C(F)(F)F)(C(C)C)C(F)(F)C(F)(F)C(F)(F)C(F)(F)C(F)(F)C(F)(F)C(F)(F)CCC(F)(F)F. The third-order valence-electron chi connectivity index (χ3n) is 5.89. The first-order valence-electron chi connectivity index (χ1n) is 10.5. The zero-order valence-corrected chi connectivity index (χ0v) is 22.6. The lowest BCUT2D eigenvalue weighted by Crippen LogP contribution is -2.78. The van der Waals surface area contributed by atoms with Crippen LogP contribution in [0.1, 0.15) is 40.5 Å². The molecule has 254 valence electrons. The number of halogens is 20. The molecule has 0 saturated heterocycles. The molecule has 0 aliphatic heterocycles. The highest BCUT2D eigenvalue weighted by atomic mass is 32.2. The molecule has 0 rings (SSSR count). The van der Waals surface area contributed by atoms with Crippen molar-refractivity contribution >= 4 is 18.4 Å². The van der Waals surface area contributed by atoms with E-state index >= 15 is 8.78 Å². The Morgan fingerprint density at radius 3 is 1.12 bits per heavy atom. The molecule has 0 aliphatic rings. The Morgan fingerprint density at radius 1 is 0.524 bits per heavy atom. The minimum Gasteiger partial charge on any atom is -0.300 e. The molecule has 0 bridgehead atoms. The Hall–Kier alpha value is -1.27. The normalized spacial score (nSPS) is 16.5. The van der Waals surface area contributed by atoms with Crippen LogP contribution >= 0.6 is 0 Å². The highest BCUT2D eigenvalue weighted by Crippen LogP contribution is 2.65. The second-order valence-corrected chi connectivity index (χ2v) is 15.9. The van der Waals surface area contributed by atoms with E-state index in [1.54, 1.807) is 0 Å². The van der Waals surface area contributed by atoms with Crippen molar-refractivity contribution in [2.45, 2.75) is 104 Å². The second kappa shape index (κ2) is 11.0. The minimum atomic E-state index is -8.75. The maximum absolute atomic E-state index is 15.2. The molecule has 3 nitrogen and oxygen atoms in total. The fourth-order valence-electron chi connectivity index (χ4n) is 3.58. The number of alkyl halides is 20. The molecule has 0 heterocycles. The van der Waals surface area contributed by atoms with E-state index in [0.29, 0.717) is 0 Å². The summed E-state index contributed by atoms with van der Waals surface area (Å²) in [5.41, 5.74) is -19.6. The zero-order valence-electron chi connectivity index (χ0n) is 20.8. The highest BCUT2D eigenvalue weighted by Gasteiger charge is 2.95. The van der Waals surface area contributed by atoms with Crippen LogP contribution in [0.15, 0.2) is 0 Å². The van der Waals surface area contributed by atoms with Gasteiger partial charge in [-0.15, -0.1) is 0 Å². The number of hydrogen-bond donors (Lipinski definition) is 0. The van der Waals surface area contributed by atoms with E-state index in [9.17, 15) is 87.4 Å². The molecule has 0 spiro atoms. The van der Waals surface area contributed by atoms with Gasteiger partial charge < -0.3 is 3.87 Å². The molecule has 25 heteroatoms. The van der Waals surface area contributed by atoms with Crippen molar-refractivity contribution in [3.05, 3.63) is 0 Å². The first-order chi connectivity index (χ1) is 17.8. The van der Waals surface area contributed by atoms with Crippen molar-refractivity contribution in [2.24, 2.45) is 0 Å². The molecule has 0 amide bonds. The summed E-state index contributed by atoms with van der Waals surface area (Å²) < 4.78 is 300. The molecule has 0 unspecified atom stereocenters. The van der Waals surface area contributed by atoms with E-state index in [1.165, 1.54) is 0 Å². The molecule has 0 aromatic carbocycles. The smallest absolute Gasteiger partial charge is 0.300 e. The van der Waals surface area contributed by atoms with Gasteiger partial charge in [0, 0.05) is 12.8 Å². The lowest BCUT2D eigenvalue weighted by Gasteiger charge is -2.48. The van der Waals surface area contributed by atoms with Crippen LogP contribution < -0.4 is 0 Å². The molecule has 0 atom stereocenters. The van der Waals surface area contributed by atoms with Gasteiger partial charge in [-0.25, -0.2) is 8.78 Å². The number of rotatable bonds is 13. The van der Waals surface area contributed by atoms with Gasteiger partial charge >= 0.3 is 71.2 Å². The Morgan fingerprint density at radius 2 is 0.833 bits per heavy atom. The molecule has 0 fully saturated rings. The predicted molar refractivity (Wildman–Crippen MR) is 102 cm³/mol. The van der Waals surface area contributed by atoms with Crippen molar-refractivity contribution in [1.82, 2.24) is 0 Å². The quantitative estimate of drug-likeness (QED) is 0.109. The van der Waals surface area contributed by atoms with Gasteiger partial charge in [0.1, 0.15) is 0 Å². The van der Waals surface area contributed by atoms with Crippen LogP contribution in [-0.2, 0) is 14.0 Å². The fourth-order valence-corrected chi connectivity index (χ4v) is 10.8. The van der Waals surface area contributed by atoms with Gasteiger partial charge in [0.2, 0.25) is 0 Å². The first kappa shape index (κ1) is 40.7. The first-order valence-corrected chi connectivity index (χ1v) is 14.0. The van der Waals surface area contributed by atoms with E-state index in [-0.39, 0.29) is 27.7 Å².